The number of carbonyl (C=O) groups excluding carboxylic acids is 1. The number of aryl methyl sites for hydroxylation is 1. The summed E-state index contributed by atoms with van der Waals surface area (Å²) in [7, 11) is 0. The number of nitro groups is 1. The van der Waals surface area contributed by atoms with E-state index in [2.05, 4.69) is 0 Å². The van der Waals surface area contributed by atoms with Crippen LogP contribution in [0.2, 0.25) is 0 Å². The van der Waals surface area contributed by atoms with Gasteiger partial charge in [-0.25, -0.2) is 4.79 Å². The number of nitrogens with zero attached hydrogens (tertiary/aromatic N) is 1. The highest BCUT2D eigenvalue weighted by atomic mass is 16.6. The van der Waals surface area contributed by atoms with Gasteiger partial charge >= 0.3 is 5.97 Å². The first-order valence-corrected chi connectivity index (χ1v) is 6.23. The van der Waals surface area contributed by atoms with Crippen LogP contribution >= 0.6 is 0 Å². The predicted octanol–water partition coefficient (Wildman–Crippen LogP) is 2.48. The molecule has 6 heteroatoms. The van der Waals surface area contributed by atoms with Crippen LogP contribution < -0.4 is 5.73 Å². The molecule has 0 saturated carbocycles. The topological polar surface area (TPSA) is 95.5 Å². The zero-order valence-corrected chi connectivity index (χ0v) is 11.4. The second-order valence-corrected chi connectivity index (χ2v) is 4.01. The highest BCUT2D eigenvalue weighted by molar-refractivity contribution is 5.98. The normalized spacial score (nSPS) is 10.3. The molecule has 0 radical (unpaired) electrons. The number of nitro benzene ring substituents is 1. The minimum absolute atomic E-state index is 0.0371. The summed E-state index contributed by atoms with van der Waals surface area (Å²) < 4.78 is 4.96. The average Bonchev–Trinajstić information content (AvgIpc) is 2.37. The molecular formula is C13H18N2O4. The van der Waals surface area contributed by atoms with Gasteiger partial charge in [-0.05, 0) is 25.3 Å². The summed E-state index contributed by atoms with van der Waals surface area (Å²) >= 11 is 0. The molecule has 6 nitrogen and oxygen atoms in total. The molecule has 0 bridgehead atoms. The lowest BCUT2D eigenvalue weighted by Gasteiger charge is -2.14. The van der Waals surface area contributed by atoms with Crippen molar-refractivity contribution < 1.29 is 14.5 Å². The van der Waals surface area contributed by atoms with E-state index in [1.165, 1.54) is 6.07 Å². The Morgan fingerprint density at radius 3 is 2.42 bits per heavy atom. The van der Waals surface area contributed by atoms with Crippen molar-refractivity contribution in [3.63, 3.8) is 0 Å². The Labute approximate surface area is 111 Å². The van der Waals surface area contributed by atoms with Crippen molar-refractivity contribution >= 4 is 17.3 Å². The zero-order chi connectivity index (χ0) is 14.6. The van der Waals surface area contributed by atoms with E-state index in [0.717, 1.165) is 0 Å². The van der Waals surface area contributed by atoms with Crippen molar-refractivity contribution in [3.8, 4) is 0 Å². The summed E-state index contributed by atoms with van der Waals surface area (Å²) in [4.78, 5) is 22.5. The van der Waals surface area contributed by atoms with Crippen LogP contribution in [0, 0.1) is 10.1 Å². The summed E-state index contributed by atoms with van der Waals surface area (Å²) in [6.45, 7) is 5.51. The van der Waals surface area contributed by atoms with Crippen LogP contribution in [0.3, 0.4) is 0 Å². The zero-order valence-electron chi connectivity index (χ0n) is 11.4. The van der Waals surface area contributed by atoms with Gasteiger partial charge in [0.1, 0.15) is 0 Å². The quantitative estimate of drug-likeness (QED) is 0.382. The van der Waals surface area contributed by atoms with E-state index in [9.17, 15) is 14.9 Å². The molecule has 104 valence electrons. The van der Waals surface area contributed by atoms with Gasteiger partial charge in [0.25, 0.3) is 5.69 Å². The second-order valence-electron chi connectivity index (χ2n) is 4.01. The van der Waals surface area contributed by atoms with Gasteiger partial charge in [0.05, 0.1) is 28.3 Å². The molecule has 0 atom stereocenters. The van der Waals surface area contributed by atoms with Crippen LogP contribution in [0.1, 0.15) is 42.3 Å². The van der Waals surface area contributed by atoms with E-state index in [4.69, 9.17) is 10.5 Å². The maximum Gasteiger partial charge on any atom is 0.340 e. The van der Waals surface area contributed by atoms with Crippen molar-refractivity contribution in [1.82, 2.24) is 0 Å². The molecule has 0 heterocycles. The van der Waals surface area contributed by atoms with Crippen LogP contribution in [0.25, 0.3) is 0 Å². The fourth-order valence-electron chi connectivity index (χ4n) is 2.04. The van der Waals surface area contributed by atoms with Crippen molar-refractivity contribution in [2.75, 3.05) is 12.3 Å². The summed E-state index contributed by atoms with van der Waals surface area (Å²) in [5.74, 6) is -0.526. The third-order valence-corrected chi connectivity index (χ3v) is 2.95. The monoisotopic (exact) mass is 266 g/mol. The van der Waals surface area contributed by atoms with Gasteiger partial charge < -0.3 is 10.5 Å². The van der Waals surface area contributed by atoms with Gasteiger partial charge in [-0.3, -0.25) is 10.1 Å². The summed E-state index contributed by atoms with van der Waals surface area (Å²) in [6.07, 6.45) is 0.863. The molecule has 0 aliphatic rings. The van der Waals surface area contributed by atoms with Crippen LogP contribution in [-0.4, -0.2) is 17.5 Å². The van der Waals surface area contributed by atoms with Crippen LogP contribution in [0.4, 0.5) is 11.4 Å². The maximum absolute atomic E-state index is 11.9. The third-order valence-electron chi connectivity index (χ3n) is 2.95. The lowest BCUT2D eigenvalue weighted by Crippen LogP contribution is -2.14. The van der Waals surface area contributed by atoms with Gasteiger partial charge in [0.2, 0.25) is 0 Å². The molecule has 0 aromatic heterocycles. The Balaban J connectivity index is 3.55. The van der Waals surface area contributed by atoms with Gasteiger partial charge in [0, 0.05) is 6.07 Å². The number of benzene rings is 1. The Morgan fingerprint density at radius 1 is 1.37 bits per heavy atom. The summed E-state index contributed by atoms with van der Waals surface area (Å²) in [5.41, 5.74) is 7.23. The van der Waals surface area contributed by atoms with Crippen molar-refractivity contribution in [2.24, 2.45) is 0 Å². The largest absolute Gasteiger partial charge is 0.462 e. The molecule has 0 spiro atoms. The Kier molecular flexibility index (Phi) is 4.86. The Morgan fingerprint density at radius 2 is 2.00 bits per heavy atom. The van der Waals surface area contributed by atoms with Crippen molar-refractivity contribution in [3.05, 3.63) is 32.9 Å². The molecule has 1 aromatic carbocycles. The Hall–Kier alpha value is -2.11. The number of nitrogens with two attached hydrogens (primary N) is 1. The molecule has 0 unspecified atom stereocenters. The number of ether oxygens (including phenoxy) is 1. The molecule has 19 heavy (non-hydrogen) atoms. The minimum Gasteiger partial charge on any atom is -0.462 e. The maximum atomic E-state index is 11.9. The fraction of sp³-hybridized carbons (Fsp3) is 0.462. The molecule has 2 N–H and O–H groups in total. The van der Waals surface area contributed by atoms with Crippen molar-refractivity contribution in [1.29, 1.82) is 0 Å². The molecule has 0 aliphatic heterocycles. The van der Waals surface area contributed by atoms with Gasteiger partial charge in [-0.15, -0.1) is 0 Å². The number of nitrogen functional groups attached to an aromatic ring is 1. The molecular weight excluding hydrogens is 248 g/mol. The highest BCUT2D eigenvalue weighted by Gasteiger charge is 2.25. The number of esters is 1. The minimum atomic E-state index is -0.526. The SMILES string of the molecule is CCOC(=O)c1c(CC)cc([N+](=O)[O-])c(CC)c1N. The van der Waals surface area contributed by atoms with E-state index < -0.39 is 10.9 Å². The molecule has 1 aromatic rings. The summed E-state index contributed by atoms with van der Waals surface area (Å²) in [5, 5.41) is 11.0. The van der Waals surface area contributed by atoms with E-state index in [-0.39, 0.29) is 23.5 Å². The van der Waals surface area contributed by atoms with Crippen molar-refractivity contribution in [2.45, 2.75) is 33.6 Å². The third kappa shape index (κ3) is 2.83. The predicted molar refractivity (Wildman–Crippen MR) is 72.2 cm³/mol. The molecule has 0 amide bonds. The second kappa shape index (κ2) is 6.17. The first kappa shape index (κ1) is 14.9. The van der Waals surface area contributed by atoms with Gasteiger partial charge in [-0.1, -0.05) is 13.8 Å². The van der Waals surface area contributed by atoms with Crippen LogP contribution in [0.15, 0.2) is 6.07 Å². The standard InChI is InChI=1S/C13H18N2O4/c1-4-8-7-10(15(17)18)9(5-2)12(14)11(8)13(16)19-6-3/h7H,4-6,14H2,1-3H3. The smallest absolute Gasteiger partial charge is 0.340 e. The van der Waals surface area contributed by atoms with Crippen LogP contribution in [-0.2, 0) is 17.6 Å². The average molecular weight is 266 g/mol. The van der Waals surface area contributed by atoms with E-state index in [1.807, 2.05) is 6.92 Å². The number of anilines is 1. The molecule has 1 rings (SSSR count). The fourth-order valence-corrected chi connectivity index (χ4v) is 2.04. The van der Waals surface area contributed by atoms with E-state index >= 15 is 0 Å². The number of hydrogen-bond acceptors (Lipinski definition) is 5. The number of hydrogen-bond donors (Lipinski definition) is 1. The van der Waals surface area contributed by atoms with Gasteiger partial charge in [0.15, 0.2) is 0 Å². The van der Waals surface area contributed by atoms with Crippen LogP contribution in [0.5, 0.6) is 0 Å². The lowest BCUT2D eigenvalue weighted by atomic mass is 9.96. The first-order valence-electron chi connectivity index (χ1n) is 6.23. The first-order chi connectivity index (χ1) is 8.97. The highest BCUT2D eigenvalue weighted by Crippen LogP contribution is 2.32. The molecule has 0 saturated heterocycles. The van der Waals surface area contributed by atoms with E-state index in [0.29, 0.717) is 24.0 Å². The summed E-state index contributed by atoms with van der Waals surface area (Å²) in [6, 6.07) is 1.42. The molecule has 0 fully saturated rings. The van der Waals surface area contributed by atoms with E-state index in [1.54, 1.807) is 13.8 Å². The Bertz CT molecular complexity index is 512. The lowest BCUT2D eigenvalue weighted by molar-refractivity contribution is -0.385. The number of carbonyl (C=O) groups is 1. The van der Waals surface area contributed by atoms with Gasteiger partial charge in [-0.2, -0.15) is 0 Å². The molecule has 0 aliphatic carbocycles. The number of rotatable bonds is 5.